The number of aromatic nitrogens is 2. The summed E-state index contributed by atoms with van der Waals surface area (Å²) >= 11 is 0. The number of amides is 1. The molecule has 0 unspecified atom stereocenters. The summed E-state index contributed by atoms with van der Waals surface area (Å²) in [6.07, 6.45) is -0.756. The minimum Gasteiger partial charge on any atom is -0.453 e. The van der Waals surface area contributed by atoms with Crippen molar-refractivity contribution in [2.24, 2.45) is 0 Å². The number of fused-ring (bicyclic) bond motifs is 1. The van der Waals surface area contributed by atoms with Crippen LogP contribution >= 0.6 is 0 Å². The summed E-state index contributed by atoms with van der Waals surface area (Å²) in [5.74, 6) is -0.749. The first-order valence-corrected chi connectivity index (χ1v) is 8.06. The zero-order valence-electron chi connectivity index (χ0n) is 14.1. The van der Waals surface area contributed by atoms with Gasteiger partial charge in [0.25, 0.3) is 11.5 Å². The minimum absolute atomic E-state index is 0.247. The molecule has 0 saturated heterocycles. The number of benzene rings is 2. The molecule has 7 heteroatoms. The van der Waals surface area contributed by atoms with Gasteiger partial charge in [0.2, 0.25) is 0 Å². The fraction of sp³-hybridized carbons (Fsp3) is 0.158. The van der Waals surface area contributed by atoms with E-state index in [-0.39, 0.29) is 23.8 Å². The predicted octanol–water partition coefficient (Wildman–Crippen LogP) is 1.96. The minimum atomic E-state index is -0.756. The van der Waals surface area contributed by atoms with Crippen molar-refractivity contribution in [1.29, 1.82) is 0 Å². The summed E-state index contributed by atoms with van der Waals surface area (Å²) in [6.45, 7) is 1.32. The number of hydrogen-bond acceptors (Lipinski definition) is 5. The van der Waals surface area contributed by atoms with E-state index in [4.69, 9.17) is 4.74 Å². The first kappa shape index (κ1) is 17.3. The van der Waals surface area contributed by atoms with E-state index in [0.29, 0.717) is 16.5 Å². The molecule has 1 aromatic heterocycles. The molecule has 0 bridgehead atoms. The normalized spacial score (nSPS) is 11.7. The van der Waals surface area contributed by atoms with Gasteiger partial charge in [-0.15, -0.1) is 0 Å². The standard InChI is InChI=1S/C19H17N3O4/c1-12(17-21-15-10-6-5-9-14(15)19(25)22-17)26-16(23)11-20-18(24)13-7-3-2-4-8-13/h2-10,12H,11H2,1H3,(H,20,24)(H,21,22,25)/t12-/m0/s1. The van der Waals surface area contributed by atoms with Gasteiger partial charge in [-0.3, -0.25) is 14.4 Å². The summed E-state index contributed by atoms with van der Waals surface area (Å²) in [4.78, 5) is 42.9. The van der Waals surface area contributed by atoms with Crippen LogP contribution in [0.4, 0.5) is 0 Å². The third-order valence-corrected chi connectivity index (χ3v) is 3.75. The lowest BCUT2D eigenvalue weighted by Crippen LogP contribution is -2.31. The zero-order valence-corrected chi connectivity index (χ0v) is 14.1. The highest BCUT2D eigenvalue weighted by atomic mass is 16.5. The lowest BCUT2D eigenvalue weighted by Gasteiger charge is -2.13. The third kappa shape index (κ3) is 3.94. The molecule has 26 heavy (non-hydrogen) atoms. The second-order valence-electron chi connectivity index (χ2n) is 5.65. The van der Waals surface area contributed by atoms with E-state index < -0.39 is 12.1 Å². The number of nitrogens with one attached hydrogen (secondary N) is 2. The van der Waals surface area contributed by atoms with E-state index in [0.717, 1.165) is 0 Å². The molecule has 1 atom stereocenters. The highest BCUT2D eigenvalue weighted by Gasteiger charge is 2.16. The van der Waals surface area contributed by atoms with Crippen molar-refractivity contribution >= 4 is 22.8 Å². The molecular formula is C19H17N3O4. The number of hydrogen-bond donors (Lipinski definition) is 2. The van der Waals surface area contributed by atoms with E-state index in [9.17, 15) is 14.4 Å². The number of nitrogens with zero attached hydrogens (tertiary/aromatic N) is 1. The molecular weight excluding hydrogens is 334 g/mol. The number of para-hydroxylation sites is 1. The number of H-pyrrole nitrogens is 1. The van der Waals surface area contributed by atoms with E-state index in [1.807, 2.05) is 0 Å². The molecule has 0 spiro atoms. The van der Waals surface area contributed by atoms with Crippen LogP contribution in [0.15, 0.2) is 59.4 Å². The van der Waals surface area contributed by atoms with Crippen LogP contribution in [0, 0.1) is 0 Å². The van der Waals surface area contributed by atoms with Gasteiger partial charge in [-0.2, -0.15) is 0 Å². The van der Waals surface area contributed by atoms with Crippen molar-refractivity contribution in [3.63, 3.8) is 0 Å². The molecule has 0 fully saturated rings. The highest BCUT2D eigenvalue weighted by Crippen LogP contribution is 2.14. The number of ether oxygens (including phenoxy) is 1. The molecule has 0 aliphatic carbocycles. The van der Waals surface area contributed by atoms with Gasteiger partial charge in [0.1, 0.15) is 6.54 Å². The van der Waals surface area contributed by atoms with Gasteiger partial charge in [-0.05, 0) is 31.2 Å². The van der Waals surface area contributed by atoms with Crippen molar-refractivity contribution in [3.05, 3.63) is 76.3 Å². The number of rotatable bonds is 5. The molecule has 1 heterocycles. The monoisotopic (exact) mass is 351 g/mol. The Kier molecular flexibility index (Phi) is 5.07. The number of esters is 1. The Labute approximate surface area is 149 Å². The first-order chi connectivity index (χ1) is 12.5. The Morgan fingerprint density at radius 2 is 1.81 bits per heavy atom. The average molecular weight is 351 g/mol. The van der Waals surface area contributed by atoms with Crippen LogP contribution in [0.1, 0.15) is 29.2 Å². The van der Waals surface area contributed by atoms with E-state index in [1.165, 1.54) is 0 Å². The van der Waals surface area contributed by atoms with Gasteiger partial charge in [0.05, 0.1) is 10.9 Å². The van der Waals surface area contributed by atoms with Gasteiger partial charge in [0, 0.05) is 5.56 Å². The molecule has 3 rings (SSSR count). The van der Waals surface area contributed by atoms with Crippen LogP contribution < -0.4 is 10.9 Å². The molecule has 132 valence electrons. The van der Waals surface area contributed by atoms with Gasteiger partial charge < -0.3 is 15.0 Å². The average Bonchev–Trinajstić information content (AvgIpc) is 2.66. The van der Waals surface area contributed by atoms with E-state index in [2.05, 4.69) is 15.3 Å². The molecule has 0 aliphatic rings. The third-order valence-electron chi connectivity index (χ3n) is 3.75. The van der Waals surface area contributed by atoms with Gasteiger partial charge >= 0.3 is 5.97 Å². The summed E-state index contributed by atoms with van der Waals surface area (Å²) in [7, 11) is 0. The van der Waals surface area contributed by atoms with Crippen LogP contribution in [0.3, 0.4) is 0 Å². The lowest BCUT2D eigenvalue weighted by molar-refractivity contribution is -0.147. The highest BCUT2D eigenvalue weighted by molar-refractivity contribution is 5.95. The molecule has 0 saturated carbocycles. The SMILES string of the molecule is C[C@H](OC(=O)CNC(=O)c1ccccc1)c1nc2ccccc2c(=O)[nH]1. The first-order valence-electron chi connectivity index (χ1n) is 8.06. The van der Waals surface area contributed by atoms with Crippen LogP contribution in [-0.2, 0) is 9.53 Å². The van der Waals surface area contributed by atoms with E-state index in [1.54, 1.807) is 61.5 Å². The Morgan fingerprint density at radius 1 is 1.12 bits per heavy atom. The second kappa shape index (κ2) is 7.60. The summed E-state index contributed by atoms with van der Waals surface area (Å²) < 4.78 is 5.24. The van der Waals surface area contributed by atoms with Crippen LogP contribution in [-0.4, -0.2) is 28.4 Å². The molecule has 1 amide bonds. The number of carbonyl (C=O) groups is 2. The quantitative estimate of drug-likeness (QED) is 0.684. The van der Waals surface area contributed by atoms with Gasteiger partial charge in [-0.1, -0.05) is 30.3 Å². The topological polar surface area (TPSA) is 101 Å². The molecule has 3 aromatic rings. The lowest BCUT2D eigenvalue weighted by atomic mass is 10.2. The summed E-state index contributed by atoms with van der Waals surface area (Å²) in [5, 5.41) is 2.95. The van der Waals surface area contributed by atoms with Crippen LogP contribution in [0.25, 0.3) is 10.9 Å². The molecule has 2 aromatic carbocycles. The van der Waals surface area contributed by atoms with Crippen LogP contribution in [0.2, 0.25) is 0 Å². The maximum atomic E-state index is 12.1. The molecule has 7 nitrogen and oxygen atoms in total. The Hall–Kier alpha value is -3.48. The Morgan fingerprint density at radius 3 is 2.58 bits per heavy atom. The van der Waals surface area contributed by atoms with Gasteiger partial charge in [0.15, 0.2) is 11.9 Å². The predicted molar refractivity (Wildman–Crippen MR) is 95.6 cm³/mol. The summed E-state index contributed by atoms with van der Waals surface area (Å²) in [6, 6.07) is 15.5. The van der Waals surface area contributed by atoms with Crippen molar-refractivity contribution in [2.45, 2.75) is 13.0 Å². The molecule has 0 radical (unpaired) electrons. The Bertz CT molecular complexity index is 998. The van der Waals surface area contributed by atoms with Crippen molar-refractivity contribution in [3.8, 4) is 0 Å². The van der Waals surface area contributed by atoms with Crippen LogP contribution in [0.5, 0.6) is 0 Å². The van der Waals surface area contributed by atoms with E-state index >= 15 is 0 Å². The van der Waals surface area contributed by atoms with Gasteiger partial charge in [-0.25, -0.2) is 4.98 Å². The maximum Gasteiger partial charge on any atom is 0.326 e. The number of aromatic amines is 1. The van der Waals surface area contributed by atoms with Crippen molar-refractivity contribution in [2.75, 3.05) is 6.54 Å². The second-order valence-corrected chi connectivity index (χ2v) is 5.65. The smallest absolute Gasteiger partial charge is 0.326 e. The number of carbonyl (C=O) groups excluding carboxylic acids is 2. The molecule has 0 aliphatic heterocycles. The molecule has 2 N–H and O–H groups in total. The zero-order chi connectivity index (χ0) is 18.5. The van der Waals surface area contributed by atoms with Crippen molar-refractivity contribution < 1.29 is 14.3 Å². The summed E-state index contributed by atoms with van der Waals surface area (Å²) in [5.41, 5.74) is 0.672. The Balaban J connectivity index is 1.62. The maximum absolute atomic E-state index is 12.1. The fourth-order valence-electron chi connectivity index (χ4n) is 2.44. The fourth-order valence-corrected chi connectivity index (χ4v) is 2.44. The largest absolute Gasteiger partial charge is 0.453 e. The van der Waals surface area contributed by atoms with Crippen molar-refractivity contribution in [1.82, 2.24) is 15.3 Å².